The van der Waals surface area contributed by atoms with Crippen molar-refractivity contribution in [2.75, 3.05) is 0 Å². The second-order valence-electron chi connectivity index (χ2n) is 7.18. The Hall–Kier alpha value is -1.31. The predicted octanol–water partition coefficient (Wildman–Crippen LogP) is 6.33. The largest absolute Gasteiger partial charge is 0.385 e. The van der Waals surface area contributed by atoms with E-state index >= 15 is 0 Å². The van der Waals surface area contributed by atoms with Gasteiger partial charge >= 0.3 is 0 Å². The topological polar surface area (TPSA) is 20.2 Å². The SMILES string of the molecule is [2H]C1([2H])CC2(CCCC2)CC([2H])([2H])C1(O)c1ccccc1-c1ccc(Cl)cc1. The van der Waals surface area contributed by atoms with Gasteiger partial charge in [-0.3, -0.25) is 0 Å². The number of halogens is 1. The number of hydrogen-bond donors (Lipinski definition) is 1. The molecule has 24 heavy (non-hydrogen) atoms. The van der Waals surface area contributed by atoms with Crippen molar-refractivity contribution in [3.8, 4) is 11.1 Å². The van der Waals surface area contributed by atoms with Gasteiger partial charge in [-0.2, -0.15) is 0 Å². The molecular formula is C22H25ClO. The molecule has 2 saturated carbocycles. The van der Waals surface area contributed by atoms with Crippen LogP contribution in [0.5, 0.6) is 0 Å². The number of rotatable bonds is 2. The summed E-state index contributed by atoms with van der Waals surface area (Å²) in [7, 11) is 0. The summed E-state index contributed by atoms with van der Waals surface area (Å²) in [6.45, 7) is 0. The lowest BCUT2D eigenvalue weighted by molar-refractivity contribution is -0.0371. The first-order chi connectivity index (χ1) is 13.1. The molecule has 0 bridgehead atoms. The third-order valence-corrected chi connectivity index (χ3v) is 5.83. The van der Waals surface area contributed by atoms with Gasteiger partial charge in [0.25, 0.3) is 0 Å². The molecule has 4 rings (SSSR count). The lowest BCUT2D eigenvalue weighted by Crippen LogP contribution is -2.36. The highest BCUT2D eigenvalue weighted by Gasteiger charge is 2.44. The van der Waals surface area contributed by atoms with Gasteiger partial charge in [-0.1, -0.05) is 60.8 Å². The van der Waals surface area contributed by atoms with Gasteiger partial charge < -0.3 is 5.11 Å². The fourth-order valence-electron chi connectivity index (χ4n) is 4.10. The third-order valence-electron chi connectivity index (χ3n) is 5.57. The van der Waals surface area contributed by atoms with Crippen molar-refractivity contribution in [2.45, 2.75) is 56.9 Å². The average Bonchev–Trinajstić information content (AvgIpc) is 3.06. The summed E-state index contributed by atoms with van der Waals surface area (Å²) in [4.78, 5) is 0. The molecule has 2 aliphatic rings. The number of aliphatic hydroxyl groups is 1. The minimum atomic E-state index is -2.23. The lowest BCUT2D eigenvalue weighted by Gasteiger charge is -2.43. The van der Waals surface area contributed by atoms with E-state index in [4.69, 9.17) is 17.1 Å². The predicted molar refractivity (Wildman–Crippen MR) is 100 cm³/mol. The Balaban J connectivity index is 1.87. The van der Waals surface area contributed by atoms with Gasteiger partial charge in [-0.05, 0) is 72.7 Å². The van der Waals surface area contributed by atoms with Crippen LogP contribution < -0.4 is 0 Å². The monoisotopic (exact) mass is 344 g/mol. The van der Waals surface area contributed by atoms with E-state index in [2.05, 4.69) is 0 Å². The van der Waals surface area contributed by atoms with Gasteiger partial charge in [0.2, 0.25) is 0 Å². The van der Waals surface area contributed by atoms with E-state index in [-0.39, 0.29) is 18.3 Å². The van der Waals surface area contributed by atoms with Crippen molar-refractivity contribution >= 4 is 11.6 Å². The highest BCUT2D eigenvalue weighted by Crippen LogP contribution is 2.54. The van der Waals surface area contributed by atoms with Crippen LogP contribution in [0.3, 0.4) is 0 Å². The lowest BCUT2D eigenvalue weighted by atomic mass is 9.65. The smallest absolute Gasteiger partial charge is 0.0903 e. The summed E-state index contributed by atoms with van der Waals surface area (Å²) in [5.41, 5.74) is -0.864. The van der Waals surface area contributed by atoms with E-state index < -0.39 is 18.3 Å². The van der Waals surface area contributed by atoms with Crippen LogP contribution in [0.4, 0.5) is 0 Å². The molecule has 0 unspecified atom stereocenters. The molecule has 2 fully saturated rings. The van der Waals surface area contributed by atoms with Crippen LogP contribution in [0.25, 0.3) is 11.1 Å². The fraction of sp³-hybridized carbons (Fsp3) is 0.455. The van der Waals surface area contributed by atoms with Gasteiger partial charge in [-0.15, -0.1) is 0 Å². The second-order valence-corrected chi connectivity index (χ2v) is 7.61. The Bertz CT molecular complexity index is 852. The summed E-state index contributed by atoms with van der Waals surface area (Å²) < 4.78 is 35.2. The van der Waals surface area contributed by atoms with Crippen LogP contribution in [0.15, 0.2) is 48.5 Å². The third kappa shape index (κ3) is 2.89. The Morgan fingerprint density at radius 1 is 0.875 bits per heavy atom. The molecule has 0 radical (unpaired) electrons. The minimum absolute atomic E-state index is 0.185. The van der Waals surface area contributed by atoms with Crippen LogP contribution in [0.1, 0.15) is 62.3 Å². The molecule has 0 heterocycles. The van der Waals surface area contributed by atoms with Gasteiger partial charge in [-0.25, -0.2) is 0 Å². The molecule has 0 atom stereocenters. The molecule has 0 saturated heterocycles. The van der Waals surface area contributed by atoms with Crippen molar-refractivity contribution < 1.29 is 10.6 Å². The molecule has 0 aliphatic heterocycles. The Morgan fingerprint density at radius 3 is 2.17 bits per heavy atom. The van der Waals surface area contributed by atoms with Crippen LogP contribution >= 0.6 is 11.6 Å². The van der Waals surface area contributed by atoms with Crippen LogP contribution in [-0.2, 0) is 5.60 Å². The van der Waals surface area contributed by atoms with Gasteiger partial charge in [0, 0.05) is 10.5 Å². The van der Waals surface area contributed by atoms with Crippen molar-refractivity contribution in [1.29, 1.82) is 0 Å². The van der Waals surface area contributed by atoms with Crippen LogP contribution in [-0.4, -0.2) is 5.11 Å². The van der Waals surface area contributed by atoms with Crippen molar-refractivity contribution in [3.63, 3.8) is 0 Å². The molecule has 0 aromatic heterocycles. The van der Waals surface area contributed by atoms with Crippen LogP contribution in [0.2, 0.25) is 5.02 Å². The molecule has 2 heteroatoms. The van der Waals surface area contributed by atoms with Crippen molar-refractivity contribution in [2.24, 2.45) is 5.41 Å². The van der Waals surface area contributed by atoms with E-state index in [1.807, 2.05) is 24.3 Å². The highest BCUT2D eigenvalue weighted by molar-refractivity contribution is 6.30. The zero-order valence-corrected chi connectivity index (χ0v) is 14.4. The first-order valence-corrected chi connectivity index (χ1v) is 9.06. The van der Waals surface area contributed by atoms with Gasteiger partial charge in [0.15, 0.2) is 0 Å². The molecule has 2 aromatic carbocycles. The second kappa shape index (κ2) is 6.20. The molecule has 126 valence electrons. The average molecular weight is 345 g/mol. The Labute approximate surface area is 155 Å². The summed E-state index contributed by atoms with van der Waals surface area (Å²) in [6, 6.07) is 14.1. The molecule has 0 amide bonds. The molecular weight excluding hydrogens is 316 g/mol. The molecule has 2 aliphatic carbocycles. The molecule has 2 aromatic rings. The van der Waals surface area contributed by atoms with E-state index in [1.54, 1.807) is 24.3 Å². The highest BCUT2D eigenvalue weighted by atomic mass is 35.5. The van der Waals surface area contributed by atoms with E-state index in [0.717, 1.165) is 31.2 Å². The Kier molecular flexibility index (Phi) is 3.13. The quantitative estimate of drug-likeness (QED) is 0.674. The van der Waals surface area contributed by atoms with E-state index in [1.165, 1.54) is 0 Å². The van der Waals surface area contributed by atoms with Gasteiger partial charge in [0.1, 0.15) is 0 Å². The fourth-order valence-corrected chi connectivity index (χ4v) is 4.23. The maximum atomic E-state index is 11.8. The van der Waals surface area contributed by atoms with E-state index in [9.17, 15) is 5.11 Å². The maximum Gasteiger partial charge on any atom is 0.0903 e. The standard InChI is InChI=1S/C22H25ClO/c23-18-9-7-17(8-10-18)19-5-1-2-6-20(19)22(24)15-13-21(14-16-22)11-3-4-12-21/h1-2,5-10,24H,3-4,11-16H2/i15D2,16D2. The molecule has 1 spiro atoms. The number of hydrogen-bond acceptors (Lipinski definition) is 1. The number of benzene rings is 2. The first kappa shape index (κ1) is 12.1. The normalized spacial score (nSPS) is 28.6. The maximum absolute atomic E-state index is 11.8. The van der Waals surface area contributed by atoms with Gasteiger partial charge in [0.05, 0.1) is 5.60 Å². The first-order valence-electron chi connectivity index (χ1n) is 10.7. The zero-order valence-electron chi connectivity index (χ0n) is 17.7. The molecule has 1 N–H and O–H groups in total. The zero-order chi connectivity index (χ0) is 20.2. The Morgan fingerprint density at radius 2 is 1.50 bits per heavy atom. The van der Waals surface area contributed by atoms with Crippen LogP contribution in [0, 0.1) is 5.41 Å². The summed E-state index contributed by atoms with van der Waals surface area (Å²) >= 11 is 6.01. The van der Waals surface area contributed by atoms with E-state index in [0.29, 0.717) is 16.1 Å². The summed E-state index contributed by atoms with van der Waals surface area (Å²) in [5.74, 6) is 0. The van der Waals surface area contributed by atoms with Crippen molar-refractivity contribution in [3.05, 3.63) is 59.1 Å². The molecule has 1 nitrogen and oxygen atoms in total. The van der Waals surface area contributed by atoms with Crippen molar-refractivity contribution in [1.82, 2.24) is 0 Å². The minimum Gasteiger partial charge on any atom is -0.385 e. The summed E-state index contributed by atoms with van der Waals surface area (Å²) in [6.07, 6.45) is -0.112. The summed E-state index contributed by atoms with van der Waals surface area (Å²) in [5, 5.41) is 12.4.